The van der Waals surface area contributed by atoms with E-state index in [9.17, 15) is 9.90 Å². The molecule has 0 amide bonds. The minimum Gasteiger partial charge on any atom is -0.508 e. The van der Waals surface area contributed by atoms with Gasteiger partial charge in [0.25, 0.3) is 0 Å². The lowest BCUT2D eigenvalue weighted by atomic mass is 10.0. The van der Waals surface area contributed by atoms with Crippen molar-refractivity contribution in [2.45, 2.75) is 13.3 Å². The fourth-order valence-electron chi connectivity index (χ4n) is 2.48. The van der Waals surface area contributed by atoms with Gasteiger partial charge < -0.3 is 10.2 Å². The molecule has 0 aliphatic heterocycles. The third-order valence-electron chi connectivity index (χ3n) is 3.79. The van der Waals surface area contributed by atoms with Crippen LogP contribution in [0.1, 0.15) is 18.1 Å². The van der Waals surface area contributed by atoms with Crippen molar-refractivity contribution in [1.29, 1.82) is 0 Å². The lowest BCUT2D eigenvalue weighted by molar-refractivity contribution is -0.131. The van der Waals surface area contributed by atoms with Gasteiger partial charge in [-0.3, -0.25) is 0 Å². The van der Waals surface area contributed by atoms with Crippen molar-refractivity contribution in [3.8, 4) is 16.9 Å². The van der Waals surface area contributed by atoms with Crippen LogP contribution in [0.3, 0.4) is 0 Å². The van der Waals surface area contributed by atoms with E-state index in [1.807, 2.05) is 19.1 Å². The molecule has 0 unspecified atom stereocenters. The quantitative estimate of drug-likeness (QED) is 0.621. The Hall–Kier alpha value is -3.33. The molecule has 0 aliphatic carbocycles. The molecule has 0 fully saturated rings. The Morgan fingerprint density at radius 1 is 0.885 bits per heavy atom. The maximum Gasteiger partial charge on any atom is 0.328 e. The molecule has 3 aromatic carbocycles. The second kappa shape index (κ2) is 9.84. The maximum atomic E-state index is 10.3. The van der Waals surface area contributed by atoms with Crippen LogP contribution in [0, 0.1) is 0 Å². The smallest absolute Gasteiger partial charge is 0.328 e. The SMILES string of the molecule is CCc1cc(O)ccc1C=CC(=O)O.c1ccc(-c2ccccc2)cc1. The first-order chi connectivity index (χ1) is 12.6. The zero-order chi connectivity index (χ0) is 18.8. The van der Waals surface area contributed by atoms with Gasteiger partial charge in [0.1, 0.15) is 5.75 Å². The van der Waals surface area contributed by atoms with Gasteiger partial charge >= 0.3 is 5.97 Å². The second-order valence-corrected chi connectivity index (χ2v) is 5.64. The summed E-state index contributed by atoms with van der Waals surface area (Å²) >= 11 is 0. The molecule has 0 radical (unpaired) electrons. The molecule has 0 atom stereocenters. The van der Waals surface area contributed by atoms with Crippen LogP contribution in [0.2, 0.25) is 0 Å². The minimum absolute atomic E-state index is 0.203. The predicted molar refractivity (Wildman–Crippen MR) is 106 cm³/mol. The van der Waals surface area contributed by atoms with E-state index in [1.165, 1.54) is 17.2 Å². The molecule has 3 heteroatoms. The Kier molecular flexibility index (Phi) is 7.19. The number of carboxylic acid groups (broad SMARTS) is 1. The number of carbonyl (C=O) groups is 1. The number of hydrogen-bond donors (Lipinski definition) is 2. The lowest BCUT2D eigenvalue weighted by Gasteiger charge is -2.03. The van der Waals surface area contributed by atoms with Crippen molar-refractivity contribution in [3.63, 3.8) is 0 Å². The van der Waals surface area contributed by atoms with E-state index < -0.39 is 5.97 Å². The highest BCUT2D eigenvalue weighted by Gasteiger charge is 1.99. The number of aromatic hydroxyl groups is 1. The molecule has 0 saturated heterocycles. The first-order valence-corrected chi connectivity index (χ1v) is 8.43. The highest BCUT2D eigenvalue weighted by atomic mass is 16.4. The molecule has 0 saturated carbocycles. The highest BCUT2D eigenvalue weighted by Crippen LogP contribution is 2.18. The fourth-order valence-corrected chi connectivity index (χ4v) is 2.48. The summed E-state index contributed by atoms with van der Waals surface area (Å²) in [6, 6.07) is 25.7. The number of aryl methyl sites for hydroxylation is 1. The lowest BCUT2D eigenvalue weighted by Crippen LogP contribution is -1.89. The third kappa shape index (κ3) is 5.95. The Labute approximate surface area is 153 Å². The Morgan fingerprint density at radius 2 is 1.42 bits per heavy atom. The summed E-state index contributed by atoms with van der Waals surface area (Å²) < 4.78 is 0. The molecule has 3 nitrogen and oxygen atoms in total. The number of carboxylic acids is 1. The van der Waals surface area contributed by atoms with E-state index in [0.29, 0.717) is 0 Å². The van der Waals surface area contributed by atoms with Crippen LogP contribution in [0.4, 0.5) is 0 Å². The Bertz CT molecular complexity index is 816. The van der Waals surface area contributed by atoms with Crippen LogP contribution >= 0.6 is 0 Å². The molecule has 3 aromatic rings. The van der Waals surface area contributed by atoms with Gasteiger partial charge in [-0.15, -0.1) is 0 Å². The Morgan fingerprint density at radius 3 is 1.88 bits per heavy atom. The standard InChI is InChI=1S/C12H10.C11H12O3/c1-3-7-11(8-4-1)12-9-5-2-6-10-12;1-2-8-7-10(12)5-3-9(8)4-6-11(13)14/h1-10H;3-7,12H,2H2,1H3,(H,13,14). The molecule has 132 valence electrons. The molecular formula is C23H22O3. The van der Waals surface area contributed by atoms with E-state index in [1.54, 1.807) is 18.2 Å². The summed E-state index contributed by atoms with van der Waals surface area (Å²) in [5.74, 6) is -0.769. The van der Waals surface area contributed by atoms with Gasteiger partial charge in [-0.05, 0) is 46.9 Å². The van der Waals surface area contributed by atoms with E-state index in [2.05, 4.69) is 48.5 Å². The van der Waals surface area contributed by atoms with Crippen LogP contribution in [-0.4, -0.2) is 16.2 Å². The van der Waals surface area contributed by atoms with Gasteiger partial charge in [0, 0.05) is 6.08 Å². The van der Waals surface area contributed by atoms with Crippen LogP contribution < -0.4 is 0 Å². The van der Waals surface area contributed by atoms with Crippen molar-refractivity contribution in [2.75, 3.05) is 0 Å². The summed E-state index contributed by atoms with van der Waals surface area (Å²) in [6.45, 7) is 1.95. The van der Waals surface area contributed by atoms with Crippen molar-refractivity contribution in [3.05, 3.63) is 96.1 Å². The van der Waals surface area contributed by atoms with E-state index in [4.69, 9.17) is 5.11 Å². The Balaban J connectivity index is 0.000000189. The molecule has 0 aromatic heterocycles. The number of phenols is 1. The van der Waals surface area contributed by atoms with Crippen molar-refractivity contribution in [2.24, 2.45) is 0 Å². The van der Waals surface area contributed by atoms with Crippen molar-refractivity contribution < 1.29 is 15.0 Å². The molecule has 0 bridgehead atoms. The number of benzene rings is 3. The minimum atomic E-state index is -0.972. The zero-order valence-corrected chi connectivity index (χ0v) is 14.7. The summed E-state index contributed by atoms with van der Waals surface area (Å²) in [4.78, 5) is 10.3. The van der Waals surface area contributed by atoms with Gasteiger partial charge in [0.15, 0.2) is 0 Å². The summed E-state index contributed by atoms with van der Waals surface area (Å²) in [5.41, 5.74) is 4.31. The van der Waals surface area contributed by atoms with Crippen LogP contribution in [0.15, 0.2) is 84.9 Å². The summed E-state index contributed by atoms with van der Waals surface area (Å²) in [6.07, 6.45) is 3.37. The highest BCUT2D eigenvalue weighted by molar-refractivity contribution is 5.85. The van der Waals surface area contributed by atoms with Crippen LogP contribution in [0.25, 0.3) is 17.2 Å². The second-order valence-electron chi connectivity index (χ2n) is 5.64. The summed E-state index contributed by atoms with van der Waals surface area (Å²) in [5, 5.41) is 17.7. The van der Waals surface area contributed by atoms with Gasteiger partial charge in [-0.25, -0.2) is 4.79 Å². The average Bonchev–Trinajstić information content (AvgIpc) is 2.68. The molecule has 0 aliphatic rings. The van der Waals surface area contributed by atoms with Crippen molar-refractivity contribution >= 4 is 12.0 Å². The molecule has 3 rings (SSSR count). The summed E-state index contributed by atoms with van der Waals surface area (Å²) in [7, 11) is 0. The number of phenolic OH excluding ortho intramolecular Hbond substituents is 1. The molecule has 2 N–H and O–H groups in total. The number of rotatable bonds is 4. The molecule has 0 spiro atoms. The van der Waals surface area contributed by atoms with E-state index in [-0.39, 0.29) is 5.75 Å². The molecule has 0 heterocycles. The maximum absolute atomic E-state index is 10.3. The van der Waals surface area contributed by atoms with Gasteiger partial charge in [-0.2, -0.15) is 0 Å². The monoisotopic (exact) mass is 346 g/mol. The van der Waals surface area contributed by atoms with Crippen LogP contribution in [-0.2, 0) is 11.2 Å². The third-order valence-corrected chi connectivity index (χ3v) is 3.79. The first-order valence-electron chi connectivity index (χ1n) is 8.43. The predicted octanol–water partition coefficient (Wildman–Crippen LogP) is 5.41. The average molecular weight is 346 g/mol. The van der Waals surface area contributed by atoms with Gasteiger partial charge in [-0.1, -0.05) is 73.7 Å². The molecule has 26 heavy (non-hydrogen) atoms. The number of hydrogen-bond acceptors (Lipinski definition) is 2. The molecular weight excluding hydrogens is 324 g/mol. The van der Waals surface area contributed by atoms with Crippen molar-refractivity contribution in [1.82, 2.24) is 0 Å². The normalized spacial score (nSPS) is 10.2. The topological polar surface area (TPSA) is 57.5 Å². The van der Waals surface area contributed by atoms with Gasteiger partial charge in [0.2, 0.25) is 0 Å². The van der Waals surface area contributed by atoms with Crippen LogP contribution in [0.5, 0.6) is 5.75 Å². The fraction of sp³-hybridized carbons (Fsp3) is 0.0870. The van der Waals surface area contributed by atoms with Gasteiger partial charge in [0.05, 0.1) is 0 Å². The zero-order valence-electron chi connectivity index (χ0n) is 14.7. The number of aliphatic carboxylic acids is 1. The van der Waals surface area contributed by atoms with E-state index >= 15 is 0 Å². The first kappa shape index (κ1) is 19.0. The van der Waals surface area contributed by atoms with E-state index in [0.717, 1.165) is 23.6 Å². The largest absolute Gasteiger partial charge is 0.508 e.